The SMILES string of the molecule is C[C@]12CC[C@H](OC(=O)N3CCNCC3)C[C@H]1CC[C@]1(C)[C@@H]2CC[C@]2(C)[C@@H](c3ccc(=O)oc3)CC[C@@]21O. The van der Waals surface area contributed by atoms with E-state index in [0.717, 1.165) is 89.5 Å². The van der Waals surface area contributed by atoms with Crippen LogP contribution in [0.3, 0.4) is 0 Å². The fourth-order valence-electron chi connectivity index (χ4n) is 10.1. The van der Waals surface area contributed by atoms with E-state index in [1.165, 1.54) is 6.07 Å². The molecule has 2 N–H and O–H groups in total. The van der Waals surface area contributed by atoms with Gasteiger partial charge in [0.25, 0.3) is 0 Å². The molecule has 1 amide bonds. The van der Waals surface area contributed by atoms with Gasteiger partial charge < -0.3 is 24.5 Å². The average Bonchev–Trinajstić information content (AvgIpc) is 3.17. The molecule has 0 aromatic carbocycles. The molecule has 8 atom stereocenters. The Bertz CT molecular complexity index is 1080. The minimum absolute atomic E-state index is 0.00496. The van der Waals surface area contributed by atoms with E-state index >= 15 is 0 Å². The normalized spacial score (nSPS) is 45.5. The van der Waals surface area contributed by atoms with Gasteiger partial charge in [-0.3, -0.25) is 0 Å². The Kier molecular flexibility index (Phi) is 6.07. The Morgan fingerprint density at radius 2 is 1.78 bits per heavy atom. The van der Waals surface area contributed by atoms with Crippen LogP contribution in [0.2, 0.25) is 0 Å². The standard InChI is InChI=1S/C30H44N2O5/c1-27-10-7-22(37-26(34)32-16-14-31-15-17-32)18-21(27)6-11-29(3)24(27)9-12-28(2)23(8-13-30(28,29)35)20-4-5-25(33)36-19-20/h4-5,19,21-24,31,35H,6-18H2,1-3H3/t21-,22+,23-,24-,27+,28-,29-,30-/m1/s1. The van der Waals surface area contributed by atoms with Crippen LogP contribution in [-0.2, 0) is 4.74 Å². The van der Waals surface area contributed by atoms with Crippen molar-refractivity contribution in [2.24, 2.45) is 28.1 Å². The largest absolute Gasteiger partial charge is 0.446 e. The maximum atomic E-state index is 12.8. The first kappa shape index (κ1) is 25.4. The Balaban J connectivity index is 1.21. The molecule has 0 unspecified atom stereocenters. The molecule has 1 aliphatic heterocycles. The second kappa shape index (κ2) is 8.84. The number of nitrogens with one attached hydrogen (secondary N) is 1. The summed E-state index contributed by atoms with van der Waals surface area (Å²) in [4.78, 5) is 26.2. The van der Waals surface area contributed by atoms with E-state index in [2.05, 4.69) is 26.1 Å². The van der Waals surface area contributed by atoms with Gasteiger partial charge in [0.1, 0.15) is 6.10 Å². The Labute approximate surface area is 220 Å². The lowest BCUT2D eigenvalue weighted by Gasteiger charge is -2.68. The minimum atomic E-state index is -0.747. The van der Waals surface area contributed by atoms with Crippen LogP contribution < -0.4 is 10.9 Å². The van der Waals surface area contributed by atoms with Gasteiger partial charge in [-0.2, -0.15) is 0 Å². The van der Waals surface area contributed by atoms with Crippen molar-refractivity contribution >= 4 is 6.09 Å². The van der Waals surface area contributed by atoms with E-state index in [9.17, 15) is 14.7 Å². The predicted octanol–water partition coefficient (Wildman–Crippen LogP) is 4.68. The molecule has 5 aliphatic rings. The molecule has 37 heavy (non-hydrogen) atoms. The maximum Gasteiger partial charge on any atom is 0.410 e. The number of nitrogens with zero attached hydrogens (tertiary/aromatic N) is 1. The van der Waals surface area contributed by atoms with Crippen molar-refractivity contribution < 1.29 is 19.1 Å². The van der Waals surface area contributed by atoms with Gasteiger partial charge in [-0.25, -0.2) is 9.59 Å². The first-order valence-corrected chi connectivity index (χ1v) is 14.6. The molecule has 7 heteroatoms. The zero-order valence-corrected chi connectivity index (χ0v) is 22.8. The van der Waals surface area contributed by atoms with Crippen LogP contribution in [0.15, 0.2) is 27.6 Å². The lowest BCUT2D eigenvalue weighted by Crippen LogP contribution is -2.67. The van der Waals surface area contributed by atoms with Gasteiger partial charge in [-0.1, -0.05) is 20.8 Å². The first-order valence-electron chi connectivity index (χ1n) is 14.6. The third-order valence-corrected chi connectivity index (χ3v) is 12.2. The second-order valence-corrected chi connectivity index (χ2v) is 13.5. The Hall–Kier alpha value is -1.86. The number of carbonyl (C=O) groups is 1. The van der Waals surface area contributed by atoms with Crippen LogP contribution in [0.4, 0.5) is 4.79 Å². The van der Waals surface area contributed by atoms with E-state index < -0.39 is 5.60 Å². The molecule has 204 valence electrons. The molecule has 0 bridgehead atoms. The van der Waals surface area contributed by atoms with E-state index in [-0.39, 0.29) is 40.0 Å². The number of amides is 1. The van der Waals surface area contributed by atoms with Gasteiger partial charge in [0.15, 0.2) is 0 Å². The summed E-state index contributed by atoms with van der Waals surface area (Å²) in [5, 5.41) is 16.0. The molecule has 1 aromatic rings. The lowest BCUT2D eigenvalue weighted by atomic mass is 9.38. The summed E-state index contributed by atoms with van der Waals surface area (Å²) in [6, 6.07) is 3.42. The van der Waals surface area contributed by atoms with Gasteiger partial charge in [0.2, 0.25) is 0 Å². The van der Waals surface area contributed by atoms with Crippen molar-refractivity contribution in [2.45, 2.75) is 96.2 Å². The molecule has 4 aliphatic carbocycles. The number of ether oxygens (including phenoxy) is 1. The smallest absolute Gasteiger partial charge is 0.410 e. The number of fused-ring (bicyclic) bond motifs is 5. The highest BCUT2D eigenvalue weighted by atomic mass is 16.6. The number of piperazine rings is 1. The van der Waals surface area contributed by atoms with Gasteiger partial charge in [-0.05, 0) is 92.6 Å². The van der Waals surface area contributed by atoms with Crippen LogP contribution in [0.1, 0.15) is 90.0 Å². The highest BCUT2D eigenvalue weighted by molar-refractivity contribution is 5.68. The summed E-state index contributed by atoms with van der Waals surface area (Å²) in [6.07, 6.45) is 10.3. The molecule has 6 rings (SSSR count). The van der Waals surface area contributed by atoms with Gasteiger partial charge in [0.05, 0.1) is 11.9 Å². The van der Waals surface area contributed by atoms with Crippen molar-refractivity contribution in [2.75, 3.05) is 26.2 Å². The molecule has 4 saturated carbocycles. The highest BCUT2D eigenvalue weighted by Crippen LogP contribution is 2.75. The van der Waals surface area contributed by atoms with Crippen LogP contribution in [-0.4, -0.2) is 54.0 Å². The van der Waals surface area contributed by atoms with Gasteiger partial charge in [0, 0.05) is 43.1 Å². The van der Waals surface area contributed by atoms with Crippen molar-refractivity contribution in [3.8, 4) is 0 Å². The number of hydrogen-bond acceptors (Lipinski definition) is 6. The number of hydrogen-bond donors (Lipinski definition) is 2. The molecule has 0 radical (unpaired) electrons. The molecule has 1 aromatic heterocycles. The van der Waals surface area contributed by atoms with Crippen molar-refractivity contribution in [3.05, 3.63) is 34.4 Å². The fraction of sp³-hybridized carbons (Fsp3) is 0.800. The van der Waals surface area contributed by atoms with Crippen molar-refractivity contribution in [3.63, 3.8) is 0 Å². The van der Waals surface area contributed by atoms with Crippen LogP contribution in [0, 0.1) is 28.1 Å². The molecule has 7 nitrogen and oxygen atoms in total. The van der Waals surface area contributed by atoms with Gasteiger partial charge in [-0.15, -0.1) is 0 Å². The molecule has 1 saturated heterocycles. The number of aliphatic hydroxyl groups is 1. The highest BCUT2D eigenvalue weighted by Gasteiger charge is 2.72. The predicted molar refractivity (Wildman–Crippen MR) is 140 cm³/mol. The molecular weight excluding hydrogens is 468 g/mol. The van der Waals surface area contributed by atoms with Crippen LogP contribution in [0.25, 0.3) is 0 Å². The van der Waals surface area contributed by atoms with Crippen LogP contribution >= 0.6 is 0 Å². The molecule has 5 fully saturated rings. The second-order valence-electron chi connectivity index (χ2n) is 13.5. The minimum Gasteiger partial charge on any atom is -0.446 e. The first-order chi connectivity index (χ1) is 17.6. The molecular formula is C30H44N2O5. The van der Waals surface area contributed by atoms with E-state index in [1.54, 1.807) is 6.26 Å². The third kappa shape index (κ3) is 3.66. The van der Waals surface area contributed by atoms with E-state index in [4.69, 9.17) is 9.15 Å². The summed E-state index contributed by atoms with van der Waals surface area (Å²) in [5.74, 6) is 1.17. The summed E-state index contributed by atoms with van der Waals surface area (Å²) < 4.78 is 11.3. The average molecular weight is 513 g/mol. The quantitative estimate of drug-likeness (QED) is 0.598. The number of rotatable bonds is 2. The summed E-state index contributed by atoms with van der Waals surface area (Å²) in [6.45, 7) is 10.3. The summed E-state index contributed by atoms with van der Waals surface area (Å²) in [7, 11) is 0. The molecule has 0 spiro atoms. The lowest BCUT2D eigenvalue weighted by molar-refractivity contribution is -0.254. The monoisotopic (exact) mass is 512 g/mol. The number of carbonyl (C=O) groups excluding carboxylic acids is 1. The topological polar surface area (TPSA) is 92.0 Å². The maximum absolute atomic E-state index is 12.8. The zero-order valence-electron chi connectivity index (χ0n) is 22.8. The third-order valence-electron chi connectivity index (χ3n) is 12.2. The summed E-state index contributed by atoms with van der Waals surface area (Å²) >= 11 is 0. The Morgan fingerprint density at radius 1 is 1.03 bits per heavy atom. The van der Waals surface area contributed by atoms with Crippen LogP contribution in [0.5, 0.6) is 0 Å². The van der Waals surface area contributed by atoms with E-state index in [1.807, 2.05) is 11.0 Å². The summed E-state index contributed by atoms with van der Waals surface area (Å²) in [5.41, 5.74) is -0.259. The fourth-order valence-corrected chi connectivity index (χ4v) is 10.1. The van der Waals surface area contributed by atoms with Crippen molar-refractivity contribution in [1.82, 2.24) is 10.2 Å². The zero-order chi connectivity index (χ0) is 26.1. The van der Waals surface area contributed by atoms with Gasteiger partial charge >= 0.3 is 11.7 Å². The Morgan fingerprint density at radius 3 is 2.51 bits per heavy atom. The van der Waals surface area contributed by atoms with E-state index in [0.29, 0.717) is 11.8 Å². The van der Waals surface area contributed by atoms with Crippen molar-refractivity contribution in [1.29, 1.82) is 0 Å². The molecule has 2 heterocycles.